The molecule has 0 fully saturated rings. The number of ether oxygens (including phenoxy) is 1. The van der Waals surface area contributed by atoms with Gasteiger partial charge in [-0.15, -0.1) is 0 Å². The zero-order chi connectivity index (χ0) is 12.4. The number of H-pyrrole nitrogens is 1. The number of rotatable bonds is 3. The maximum absolute atomic E-state index is 13.0. The minimum absolute atomic E-state index is 0.0578. The number of aromatic amines is 1. The first-order valence-corrected chi connectivity index (χ1v) is 5.11. The molecule has 1 heterocycles. The summed E-state index contributed by atoms with van der Waals surface area (Å²) in [4.78, 5) is 25.2. The van der Waals surface area contributed by atoms with Crippen molar-refractivity contribution in [3.8, 4) is 0 Å². The zero-order valence-corrected chi connectivity index (χ0v) is 9.12. The molecule has 4 nitrogen and oxygen atoms in total. The van der Waals surface area contributed by atoms with Gasteiger partial charge in [0.25, 0.3) is 0 Å². The number of aromatic nitrogens is 1. The van der Waals surface area contributed by atoms with E-state index in [1.807, 2.05) is 0 Å². The van der Waals surface area contributed by atoms with Gasteiger partial charge in [0.2, 0.25) is 0 Å². The third-order valence-corrected chi connectivity index (χ3v) is 2.40. The van der Waals surface area contributed by atoms with Gasteiger partial charge < -0.3 is 9.72 Å². The van der Waals surface area contributed by atoms with Crippen LogP contribution in [0.15, 0.2) is 18.2 Å². The normalized spacial score (nSPS) is 10.5. The predicted octanol–water partition coefficient (Wildman–Crippen LogP) is 2.30. The lowest BCUT2D eigenvalue weighted by Crippen LogP contribution is -2.07. The van der Waals surface area contributed by atoms with Gasteiger partial charge in [0.15, 0.2) is 6.29 Å². The second-order valence-electron chi connectivity index (χ2n) is 3.44. The summed E-state index contributed by atoms with van der Waals surface area (Å²) < 4.78 is 17.8. The largest absolute Gasteiger partial charge is 0.461 e. The van der Waals surface area contributed by atoms with E-state index in [0.717, 1.165) is 0 Å². The van der Waals surface area contributed by atoms with Crippen LogP contribution >= 0.6 is 0 Å². The molecule has 0 unspecified atom stereocenters. The lowest BCUT2D eigenvalue weighted by Gasteiger charge is -1.98. The van der Waals surface area contributed by atoms with E-state index in [1.165, 1.54) is 18.2 Å². The van der Waals surface area contributed by atoms with Gasteiger partial charge >= 0.3 is 5.97 Å². The molecule has 1 aromatic heterocycles. The van der Waals surface area contributed by atoms with Gasteiger partial charge in [-0.05, 0) is 25.1 Å². The number of benzene rings is 1. The fraction of sp³-hybridized carbons (Fsp3) is 0.167. The molecule has 0 aliphatic heterocycles. The molecule has 1 N–H and O–H groups in total. The summed E-state index contributed by atoms with van der Waals surface area (Å²) in [6.07, 6.45) is 0.559. The van der Waals surface area contributed by atoms with Crippen LogP contribution in [0, 0.1) is 5.82 Å². The summed E-state index contributed by atoms with van der Waals surface area (Å²) in [5.41, 5.74) is 0.649. The second-order valence-corrected chi connectivity index (χ2v) is 3.44. The van der Waals surface area contributed by atoms with Crippen molar-refractivity contribution in [3.63, 3.8) is 0 Å². The highest BCUT2D eigenvalue weighted by Crippen LogP contribution is 2.22. The van der Waals surface area contributed by atoms with Gasteiger partial charge in [0, 0.05) is 10.9 Å². The number of hydrogen-bond acceptors (Lipinski definition) is 3. The van der Waals surface area contributed by atoms with Crippen LogP contribution in [0.5, 0.6) is 0 Å². The Kier molecular flexibility index (Phi) is 2.91. The SMILES string of the molecule is CCOC(=O)c1[nH]c2cc(F)ccc2c1C=O. The first-order chi connectivity index (χ1) is 8.17. The van der Waals surface area contributed by atoms with Crippen molar-refractivity contribution in [1.29, 1.82) is 0 Å². The minimum Gasteiger partial charge on any atom is -0.461 e. The molecule has 0 radical (unpaired) electrons. The number of nitrogens with one attached hydrogen (secondary N) is 1. The molecule has 1 aromatic carbocycles. The summed E-state index contributed by atoms with van der Waals surface area (Å²) in [6.45, 7) is 1.88. The molecule has 0 saturated heterocycles. The number of carbonyl (C=O) groups is 2. The summed E-state index contributed by atoms with van der Waals surface area (Å²) in [6, 6.07) is 3.91. The van der Waals surface area contributed by atoms with E-state index in [1.54, 1.807) is 6.92 Å². The van der Waals surface area contributed by atoms with Crippen LogP contribution in [0.2, 0.25) is 0 Å². The van der Waals surface area contributed by atoms with Crippen molar-refractivity contribution in [2.75, 3.05) is 6.61 Å². The average Bonchev–Trinajstić information content (AvgIpc) is 2.66. The molecule has 0 aliphatic carbocycles. The highest BCUT2D eigenvalue weighted by atomic mass is 19.1. The molecule has 0 aliphatic rings. The van der Waals surface area contributed by atoms with Crippen LogP contribution < -0.4 is 0 Å². The van der Waals surface area contributed by atoms with Crippen LogP contribution in [-0.4, -0.2) is 23.8 Å². The monoisotopic (exact) mass is 235 g/mol. The van der Waals surface area contributed by atoms with E-state index in [9.17, 15) is 14.0 Å². The van der Waals surface area contributed by atoms with Crippen LogP contribution in [0.25, 0.3) is 10.9 Å². The maximum atomic E-state index is 13.0. The van der Waals surface area contributed by atoms with E-state index in [-0.39, 0.29) is 17.9 Å². The average molecular weight is 235 g/mol. The van der Waals surface area contributed by atoms with Crippen LogP contribution in [0.4, 0.5) is 4.39 Å². The molecule has 2 rings (SSSR count). The smallest absolute Gasteiger partial charge is 0.355 e. The van der Waals surface area contributed by atoms with E-state index in [4.69, 9.17) is 4.74 Å². The fourth-order valence-corrected chi connectivity index (χ4v) is 1.68. The molecule has 17 heavy (non-hydrogen) atoms. The van der Waals surface area contributed by atoms with Crippen LogP contribution in [0.3, 0.4) is 0 Å². The topological polar surface area (TPSA) is 59.2 Å². The molecule has 5 heteroatoms. The Morgan fingerprint density at radius 1 is 1.53 bits per heavy atom. The molecular weight excluding hydrogens is 225 g/mol. The number of fused-ring (bicyclic) bond motifs is 1. The Balaban J connectivity index is 2.63. The summed E-state index contributed by atoms with van der Waals surface area (Å²) >= 11 is 0. The van der Waals surface area contributed by atoms with Crippen molar-refractivity contribution in [2.24, 2.45) is 0 Å². The van der Waals surface area contributed by atoms with Gasteiger partial charge in [0.05, 0.1) is 12.2 Å². The van der Waals surface area contributed by atoms with E-state index >= 15 is 0 Å². The van der Waals surface area contributed by atoms with Gasteiger partial charge in [-0.25, -0.2) is 9.18 Å². The van der Waals surface area contributed by atoms with Gasteiger partial charge in [-0.1, -0.05) is 0 Å². The molecule has 0 amide bonds. The third-order valence-electron chi connectivity index (χ3n) is 2.40. The molecule has 2 aromatic rings. The standard InChI is InChI=1S/C12H10FNO3/c1-2-17-12(16)11-9(6-15)8-4-3-7(13)5-10(8)14-11/h3-6,14H,2H2,1H3. The molecule has 88 valence electrons. The summed E-state index contributed by atoms with van der Waals surface area (Å²) in [7, 11) is 0. The quantitative estimate of drug-likeness (QED) is 0.656. The second kappa shape index (κ2) is 4.37. The predicted molar refractivity (Wildman–Crippen MR) is 59.6 cm³/mol. The van der Waals surface area contributed by atoms with E-state index < -0.39 is 11.8 Å². The summed E-state index contributed by atoms with van der Waals surface area (Å²) in [5, 5.41) is 0.504. The Bertz CT molecular complexity index is 589. The van der Waals surface area contributed by atoms with Crippen molar-refractivity contribution >= 4 is 23.2 Å². The molecule has 0 atom stereocenters. The number of esters is 1. The number of carbonyl (C=O) groups excluding carboxylic acids is 2. The van der Waals surface area contributed by atoms with Crippen molar-refractivity contribution < 1.29 is 18.7 Å². The number of halogens is 1. The molecule has 0 saturated carbocycles. The van der Waals surface area contributed by atoms with E-state index in [2.05, 4.69) is 4.98 Å². The first kappa shape index (κ1) is 11.3. The Labute approximate surface area is 96.4 Å². The minimum atomic E-state index is -0.619. The fourth-order valence-electron chi connectivity index (χ4n) is 1.68. The number of aldehydes is 1. The van der Waals surface area contributed by atoms with Gasteiger partial charge in [-0.2, -0.15) is 0 Å². The van der Waals surface area contributed by atoms with Gasteiger partial charge in [-0.3, -0.25) is 4.79 Å². The number of hydrogen-bond donors (Lipinski definition) is 1. The van der Waals surface area contributed by atoms with Crippen molar-refractivity contribution in [3.05, 3.63) is 35.3 Å². The van der Waals surface area contributed by atoms with Crippen LogP contribution in [0.1, 0.15) is 27.8 Å². The van der Waals surface area contributed by atoms with Gasteiger partial charge in [0.1, 0.15) is 11.5 Å². The molecule has 0 bridgehead atoms. The lowest BCUT2D eigenvalue weighted by atomic mass is 10.1. The highest BCUT2D eigenvalue weighted by Gasteiger charge is 2.18. The maximum Gasteiger partial charge on any atom is 0.355 e. The first-order valence-electron chi connectivity index (χ1n) is 5.11. The summed E-state index contributed by atoms with van der Waals surface area (Å²) in [5.74, 6) is -1.06. The van der Waals surface area contributed by atoms with Crippen molar-refractivity contribution in [2.45, 2.75) is 6.92 Å². The Morgan fingerprint density at radius 3 is 2.94 bits per heavy atom. The van der Waals surface area contributed by atoms with Crippen molar-refractivity contribution in [1.82, 2.24) is 4.98 Å². The molecule has 0 spiro atoms. The zero-order valence-electron chi connectivity index (χ0n) is 9.12. The van der Waals surface area contributed by atoms with Crippen LogP contribution in [-0.2, 0) is 4.74 Å². The lowest BCUT2D eigenvalue weighted by molar-refractivity contribution is 0.0518. The van der Waals surface area contributed by atoms with E-state index in [0.29, 0.717) is 17.2 Å². The third kappa shape index (κ3) is 1.91. The Hall–Kier alpha value is -2.17. The Morgan fingerprint density at radius 2 is 2.29 bits per heavy atom. The highest BCUT2D eigenvalue weighted by molar-refractivity contribution is 6.08. The molecular formula is C12H10FNO3.